The average molecular weight is 367 g/mol. The van der Waals surface area contributed by atoms with Crippen LogP contribution in [0, 0.1) is 0 Å². The topological polar surface area (TPSA) is 56.3 Å². The van der Waals surface area contributed by atoms with Crippen molar-refractivity contribution in [2.75, 3.05) is 65.6 Å². The molecular formula is C19H34N4O3. The number of hydrogen-bond donors (Lipinski definition) is 0. The molecule has 2 amide bonds. The molecule has 0 aromatic carbocycles. The van der Waals surface area contributed by atoms with Crippen molar-refractivity contribution in [3.05, 3.63) is 0 Å². The SMILES string of the molecule is CC1CCCC(C)N1C(=O)CN1CCN(CC(=O)N2CCOCC2)CC1. The van der Waals surface area contributed by atoms with E-state index in [-0.39, 0.29) is 11.8 Å². The Kier molecular flexibility index (Phi) is 6.89. The molecule has 3 rings (SSSR count). The molecule has 0 aromatic heterocycles. The quantitative estimate of drug-likeness (QED) is 0.714. The summed E-state index contributed by atoms with van der Waals surface area (Å²) in [6.45, 7) is 11.5. The lowest BCUT2D eigenvalue weighted by molar-refractivity contribution is -0.140. The van der Waals surface area contributed by atoms with Gasteiger partial charge in [0.05, 0.1) is 26.3 Å². The van der Waals surface area contributed by atoms with Gasteiger partial charge < -0.3 is 14.5 Å². The summed E-state index contributed by atoms with van der Waals surface area (Å²) in [7, 11) is 0. The number of piperidine rings is 1. The van der Waals surface area contributed by atoms with Gasteiger partial charge in [0, 0.05) is 51.4 Å². The van der Waals surface area contributed by atoms with Crippen molar-refractivity contribution in [1.29, 1.82) is 0 Å². The normalized spacial score (nSPS) is 29.0. The van der Waals surface area contributed by atoms with Crippen LogP contribution in [0.15, 0.2) is 0 Å². The zero-order valence-electron chi connectivity index (χ0n) is 16.4. The lowest BCUT2D eigenvalue weighted by Crippen LogP contribution is -2.55. The zero-order valence-corrected chi connectivity index (χ0v) is 16.4. The average Bonchev–Trinajstić information content (AvgIpc) is 2.64. The van der Waals surface area contributed by atoms with Crippen molar-refractivity contribution >= 4 is 11.8 Å². The summed E-state index contributed by atoms with van der Waals surface area (Å²) < 4.78 is 5.31. The molecule has 3 heterocycles. The largest absolute Gasteiger partial charge is 0.378 e. The number of morpholine rings is 1. The van der Waals surface area contributed by atoms with Gasteiger partial charge in [-0.05, 0) is 33.1 Å². The fourth-order valence-corrected chi connectivity index (χ4v) is 4.40. The van der Waals surface area contributed by atoms with Crippen LogP contribution in [0.1, 0.15) is 33.1 Å². The molecule has 148 valence electrons. The van der Waals surface area contributed by atoms with E-state index in [9.17, 15) is 9.59 Å². The van der Waals surface area contributed by atoms with E-state index in [1.54, 1.807) is 0 Å². The highest BCUT2D eigenvalue weighted by Crippen LogP contribution is 2.22. The Labute approximate surface area is 157 Å². The summed E-state index contributed by atoms with van der Waals surface area (Å²) in [6, 6.07) is 0.720. The minimum absolute atomic E-state index is 0.203. The predicted molar refractivity (Wildman–Crippen MR) is 99.9 cm³/mol. The molecule has 0 aromatic rings. The summed E-state index contributed by atoms with van der Waals surface area (Å²) in [4.78, 5) is 33.6. The number of hydrogen-bond acceptors (Lipinski definition) is 5. The van der Waals surface area contributed by atoms with Crippen LogP contribution in [-0.2, 0) is 14.3 Å². The molecule has 0 saturated carbocycles. The van der Waals surface area contributed by atoms with Crippen LogP contribution >= 0.6 is 0 Å². The van der Waals surface area contributed by atoms with Gasteiger partial charge in [-0.2, -0.15) is 0 Å². The van der Waals surface area contributed by atoms with E-state index in [1.165, 1.54) is 6.42 Å². The van der Waals surface area contributed by atoms with E-state index in [0.717, 1.165) is 39.0 Å². The first-order valence-corrected chi connectivity index (χ1v) is 10.2. The second kappa shape index (κ2) is 9.15. The van der Waals surface area contributed by atoms with Crippen molar-refractivity contribution < 1.29 is 14.3 Å². The summed E-state index contributed by atoms with van der Waals surface area (Å²) >= 11 is 0. The van der Waals surface area contributed by atoms with Gasteiger partial charge in [-0.15, -0.1) is 0 Å². The van der Waals surface area contributed by atoms with Crippen molar-refractivity contribution in [3.63, 3.8) is 0 Å². The van der Waals surface area contributed by atoms with Crippen molar-refractivity contribution in [2.24, 2.45) is 0 Å². The molecule has 0 spiro atoms. The molecule has 3 aliphatic heterocycles. The highest BCUT2D eigenvalue weighted by atomic mass is 16.5. The first-order valence-electron chi connectivity index (χ1n) is 10.2. The fraction of sp³-hybridized carbons (Fsp3) is 0.895. The molecule has 2 atom stereocenters. The third kappa shape index (κ3) is 4.96. The van der Waals surface area contributed by atoms with Crippen LogP contribution < -0.4 is 0 Å². The summed E-state index contributed by atoms with van der Waals surface area (Å²) in [5.41, 5.74) is 0. The lowest BCUT2D eigenvalue weighted by atomic mass is 9.97. The van der Waals surface area contributed by atoms with Crippen molar-refractivity contribution in [3.8, 4) is 0 Å². The second-order valence-corrected chi connectivity index (χ2v) is 7.98. The maximum Gasteiger partial charge on any atom is 0.237 e. The van der Waals surface area contributed by atoms with Gasteiger partial charge >= 0.3 is 0 Å². The van der Waals surface area contributed by atoms with Crippen molar-refractivity contribution in [1.82, 2.24) is 19.6 Å². The molecule has 0 aliphatic carbocycles. The summed E-state index contributed by atoms with van der Waals surface area (Å²) in [6.07, 6.45) is 3.46. The predicted octanol–water partition coefficient (Wildman–Crippen LogP) is 0.252. The van der Waals surface area contributed by atoms with Gasteiger partial charge in [0.25, 0.3) is 0 Å². The fourth-order valence-electron chi connectivity index (χ4n) is 4.40. The minimum Gasteiger partial charge on any atom is -0.378 e. The molecule has 7 nitrogen and oxygen atoms in total. The molecule has 0 bridgehead atoms. The molecule has 0 radical (unpaired) electrons. The van der Waals surface area contributed by atoms with Gasteiger partial charge in [0.15, 0.2) is 0 Å². The molecule has 0 N–H and O–H groups in total. The Morgan fingerprint density at radius 3 is 1.85 bits per heavy atom. The minimum atomic E-state index is 0.203. The molecule has 3 aliphatic rings. The van der Waals surface area contributed by atoms with Crippen LogP contribution in [0.25, 0.3) is 0 Å². The lowest BCUT2D eigenvalue weighted by Gasteiger charge is -2.41. The number of ether oxygens (including phenoxy) is 1. The molecule has 26 heavy (non-hydrogen) atoms. The summed E-state index contributed by atoms with van der Waals surface area (Å²) in [5.74, 6) is 0.469. The Bertz CT molecular complexity index is 477. The number of nitrogens with zero attached hydrogens (tertiary/aromatic N) is 4. The number of carbonyl (C=O) groups is 2. The standard InChI is InChI=1S/C19H34N4O3/c1-16-4-3-5-17(2)23(16)19(25)15-21-8-6-20(7-9-21)14-18(24)22-10-12-26-13-11-22/h16-17H,3-15H2,1-2H3. The second-order valence-electron chi connectivity index (χ2n) is 7.98. The number of carbonyl (C=O) groups excluding carboxylic acids is 2. The van der Waals surface area contributed by atoms with Crippen molar-refractivity contribution in [2.45, 2.75) is 45.2 Å². The first-order chi connectivity index (χ1) is 12.5. The van der Waals surface area contributed by atoms with Gasteiger partial charge in [-0.1, -0.05) is 0 Å². The van der Waals surface area contributed by atoms with Gasteiger partial charge in [-0.3, -0.25) is 19.4 Å². The van der Waals surface area contributed by atoms with Crippen LogP contribution in [0.2, 0.25) is 0 Å². The third-order valence-corrected chi connectivity index (χ3v) is 6.03. The maximum absolute atomic E-state index is 12.8. The van der Waals surface area contributed by atoms with Crippen LogP contribution in [0.3, 0.4) is 0 Å². The third-order valence-electron chi connectivity index (χ3n) is 6.03. The Balaban J connectivity index is 1.40. The van der Waals surface area contributed by atoms with Crippen LogP contribution in [0.4, 0.5) is 0 Å². The van der Waals surface area contributed by atoms with E-state index in [2.05, 4.69) is 28.5 Å². The monoisotopic (exact) mass is 366 g/mol. The summed E-state index contributed by atoms with van der Waals surface area (Å²) in [5, 5.41) is 0. The molecule has 3 fully saturated rings. The van der Waals surface area contributed by atoms with E-state index in [0.29, 0.717) is 51.5 Å². The number of likely N-dealkylation sites (tertiary alicyclic amines) is 1. The van der Waals surface area contributed by atoms with Gasteiger partial charge in [0.1, 0.15) is 0 Å². The maximum atomic E-state index is 12.8. The molecule has 2 unspecified atom stereocenters. The number of amides is 2. The highest BCUT2D eigenvalue weighted by molar-refractivity contribution is 5.79. The Morgan fingerprint density at radius 2 is 1.31 bits per heavy atom. The first kappa shape index (κ1) is 19.6. The molecule has 7 heteroatoms. The molecule has 3 saturated heterocycles. The smallest absolute Gasteiger partial charge is 0.237 e. The van der Waals surface area contributed by atoms with Crippen LogP contribution in [0.5, 0.6) is 0 Å². The Hall–Kier alpha value is -1.18. The zero-order chi connectivity index (χ0) is 18.5. The Morgan fingerprint density at radius 1 is 0.808 bits per heavy atom. The number of rotatable bonds is 4. The van der Waals surface area contributed by atoms with Crippen LogP contribution in [-0.4, -0.2) is 109 Å². The molecular weight excluding hydrogens is 332 g/mol. The van der Waals surface area contributed by atoms with Gasteiger partial charge in [0.2, 0.25) is 11.8 Å². The highest BCUT2D eigenvalue weighted by Gasteiger charge is 2.31. The number of piperazine rings is 1. The van der Waals surface area contributed by atoms with E-state index in [4.69, 9.17) is 4.74 Å². The van der Waals surface area contributed by atoms with E-state index in [1.807, 2.05) is 4.90 Å². The van der Waals surface area contributed by atoms with E-state index >= 15 is 0 Å². The van der Waals surface area contributed by atoms with E-state index < -0.39 is 0 Å². The van der Waals surface area contributed by atoms with Gasteiger partial charge in [-0.25, -0.2) is 0 Å².